The second-order valence-electron chi connectivity index (χ2n) is 3.86. The van der Waals surface area contributed by atoms with E-state index in [1.165, 1.54) is 0 Å². The van der Waals surface area contributed by atoms with Crippen LogP contribution in [0.15, 0.2) is 56.7 Å². The average molecular weight is 326 g/mol. The molecule has 0 saturated carbocycles. The zero-order valence-electron chi connectivity index (χ0n) is 9.91. The molecule has 2 aromatic carbocycles. The van der Waals surface area contributed by atoms with E-state index in [9.17, 15) is 4.39 Å². The summed E-state index contributed by atoms with van der Waals surface area (Å²) in [6.45, 7) is 0.668. The quantitative estimate of drug-likeness (QED) is 0.890. The largest absolute Gasteiger partial charge is 0.316 e. The number of halogens is 2. The molecule has 18 heavy (non-hydrogen) atoms. The van der Waals surface area contributed by atoms with Gasteiger partial charge in [0.1, 0.15) is 5.82 Å². The van der Waals surface area contributed by atoms with Crippen molar-refractivity contribution in [1.82, 2.24) is 5.32 Å². The maximum absolute atomic E-state index is 13.5. The molecule has 0 aromatic heterocycles. The van der Waals surface area contributed by atoms with Crippen LogP contribution in [-0.2, 0) is 6.54 Å². The molecule has 2 rings (SSSR count). The molecule has 0 bridgehead atoms. The van der Waals surface area contributed by atoms with Crippen molar-refractivity contribution in [2.75, 3.05) is 7.05 Å². The zero-order valence-corrected chi connectivity index (χ0v) is 12.3. The van der Waals surface area contributed by atoms with E-state index in [2.05, 4.69) is 21.2 Å². The highest BCUT2D eigenvalue weighted by molar-refractivity contribution is 9.10. The Morgan fingerprint density at radius 1 is 1.22 bits per heavy atom. The molecule has 0 amide bonds. The molecule has 1 nitrogen and oxygen atoms in total. The highest BCUT2D eigenvalue weighted by Crippen LogP contribution is 2.33. The van der Waals surface area contributed by atoms with Crippen LogP contribution in [0.5, 0.6) is 0 Å². The van der Waals surface area contributed by atoms with E-state index in [1.54, 1.807) is 23.9 Å². The standard InChI is InChI=1S/C14H13BrFNS/c1-17-9-10-6-11(16)8-12(7-10)18-14-5-3-2-4-13(14)15/h2-8,17H,9H2,1H3. The topological polar surface area (TPSA) is 12.0 Å². The Labute approximate surface area is 119 Å². The minimum absolute atomic E-state index is 0.197. The van der Waals surface area contributed by atoms with Gasteiger partial charge in [-0.15, -0.1) is 0 Å². The molecule has 1 N–H and O–H groups in total. The summed E-state index contributed by atoms with van der Waals surface area (Å²) in [5.74, 6) is -0.197. The van der Waals surface area contributed by atoms with Gasteiger partial charge < -0.3 is 5.32 Å². The summed E-state index contributed by atoms with van der Waals surface area (Å²) in [5, 5.41) is 3.03. The second-order valence-corrected chi connectivity index (χ2v) is 5.83. The average Bonchev–Trinajstić information content (AvgIpc) is 2.32. The fourth-order valence-corrected chi connectivity index (χ4v) is 3.12. The van der Waals surface area contributed by atoms with Crippen molar-refractivity contribution in [3.8, 4) is 0 Å². The molecule has 0 heterocycles. The monoisotopic (exact) mass is 325 g/mol. The molecule has 0 spiro atoms. The second kappa shape index (κ2) is 6.36. The third-order valence-corrected chi connectivity index (χ3v) is 4.38. The number of hydrogen-bond acceptors (Lipinski definition) is 2. The lowest BCUT2D eigenvalue weighted by atomic mass is 10.2. The van der Waals surface area contributed by atoms with Gasteiger partial charge in [-0.25, -0.2) is 4.39 Å². The first-order chi connectivity index (χ1) is 8.69. The minimum Gasteiger partial charge on any atom is -0.316 e. The van der Waals surface area contributed by atoms with Crippen molar-refractivity contribution in [3.05, 3.63) is 58.3 Å². The Bertz CT molecular complexity index is 545. The maximum Gasteiger partial charge on any atom is 0.124 e. The van der Waals surface area contributed by atoms with Gasteiger partial charge >= 0.3 is 0 Å². The zero-order chi connectivity index (χ0) is 13.0. The molecule has 94 valence electrons. The molecule has 0 fully saturated rings. The SMILES string of the molecule is CNCc1cc(F)cc(Sc2ccccc2Br)c1. The number of benzene rings is 2. The van der Waals surface area contributed by atoms with Crippen LogP contribution in [0, 0.1) is 5.82 Å². The summed E-state index contributed by atoms with van der Waals surface area (Å²) >= 11 is 5.05. The first-order valence-corrected chi connectivity index (χ1v) is 7.16. The van der Waals surface area contributed by atoms with Gasteiger partial charge in [0.05, 0.1) is 0 Å². The Morgan fingerprint density at radius 2 is 2.00 bits per heavy atom. The van der Waals surface area contributed by atoms with Crippen LogP contribution in [-0.4, -0.2) is 7.05 Å². The van der Waals surface area contributed by atoms with Crippen LogP contribution in [0.3, 0.4) is 0 Å². The van der Waals surface area contributed by atoms with Crippen LogP contribution < -0.4 is 5.32 Å². The van der Waals surface area contributed by atoms with E-state index in [1.807, 2.05) is 37.4 Å². The fourth-order valence-electron chi connectivity index (χ4n) is 1.64. The normalized spacial score (nSPS) is 10.6. The van der Waals surface area contributed by atoms with E-state index < -0.39 is 0 Å². The molecule has 4 heteroatoms. The van der Waals surface area contributed by atoms with Crippen molar-refractivity contribution in [3.63, 3.8) is 0 Å². The lowest BCUT2D eigenvalue weighted by Gasteiger charge is -2.07. The summed E-state index contributed by atoms with van der Waals surface area (Å²) in [4.78, 5) is 1.99. The summed E-state index contributed by atoms with van der Waals surface area (Å²) in [5.41, 5.74) is 0.951. The number of hydrogen-bond donors (Lipinski definition) is 1. The van der Waals surface area contributed by atoms with Gasteiger partial charge in [-0.1, -0.05) is 23.9 Å². The minimum atomic E-state index is -0.197. The van der Waals surface area contributed by atoms with E-state index >= 15 is 0 Å². The van der Waals surface area contributed by atoms with Gasteiger partial charge in [0.25, 0.3) is 0 Å². The smallest absolute Gasteiger partial charge is 0.124 e. The van der Waals surface area contributed by atoms with Crippen molar-refractivity contribution in [1.29, 1.82) is 0 Å². The maximum atomic E-state index is 13.5. The van der Waals surface area contributed by atoms with Crippen molar-refractivity contribution < 1.29 is 4.39 Å². The van der Waals surface area contributed by atoms with E-state index in [4.69, 9.17) is 0 Å². The lowest BCUT2D eigenvalue weighted by molar-refractivity contribution is 0.619. The summed E-state index contributed by atoms with van der Waals surface area (Å²) in [6, 6.07) is 13.0. The molecule has 2 aromatic rings. The van der Waals surface area contributed by atoms with E-state index in [-0.39, 0.29) is 5.82 Å². The van der Waals surface area contributed by atoms with Crippen LogP contribution in [0.4, 0.5) is 4.39 Å². The van der Waals surface area contributed by atoms with Gasteiger partial charge in [-0.05, 0) is 58.9 Å². The number of nitrogens with one attached hydrogen (secondary N) is 1. The van der Waals surface area contributed by atoms with Gasteiger partial charge in [0.15, 0.2) is 0 Å². The molecule has 0 saturated heterocycles. The van der Waals surface area contributed by atoms with Crippen molar-refractivity contribution in [2.45, 2.75) is 16.3 Å². The highest BCUT2D eigenvalue weighted by Gasteiger charge is 2.05. The van der Waals surface area contributed by atoms with Gasteiger partial charge in [-0.2, -0.15) is 0 Å². The van der Waals surface area contributed by atoms with Gasteiger partial charge in [-0.3, -0.25) is 0 Å². The lowest BCUT2D eigenvalue weighted by Crippen LogP contribution is -2.05. The van der Waals surface area contributed by atoms with Crippen LogP contribution in [0.25, 0.3) is 0 Å². The predicted octanol–water partition coefficient (Wildman–Crippen LogP) is 4.46. The molecule has 0 radical (unpaired) electrons. The number of rotatable bonds is 4. The third kappa shape index (κ3) is 3.57. The molecule has 0 unspecified atom stereocenters. The summed E-state index contributed by atoms with van der Waals surface area (Å²) in [7, 11) is 1.85. The Morgan fingerprint density at radius 3 is 2.72 bits per heavy atom. The predicted molar refractivity (Wildman–Crippen MR) is 77.4 cm³/mol. The first-order valence-electron chi connectivity index (χ1n) is 5.55. The Balaban J connectivity index is 2.26. The molecule has 0 aliphatic heterocycles. The third-order valence-electron chi connectivity index (χ3n) is 2.38. The van der Waals surface area contributed by atoms with Gasteiger partial charge in [0, 0.05) is 20.8 Å². The van der Waals surface area contributed by atoms with Gasteiger partial charge in [0.2, 0.25) is 0 Å². The van der Waals surface area contributed by atoms with Crippen molar-refractivity contribution in [2.24, 2.45) is 0 Å². The molecule has 0 aliphatic carbocycles. The van der Waals surface area contributed by atoms with Crippen LogP contribution in [0.2, 0.25) is 0 Å². The molecular weight excluding hydrogens is 313 g/mol. The highest BCUT2D eigenvalue weighted by atomic mass is 79.9. The molecule has 0 atom stereocenters. The van der Waals surface area contributed by atoms with E-state index in [0.717, 1.165) is 19.8 Å². The summed E-state index contributed by atoms with van der Waals surface area (Å²) < 4.78 is 14.5. The van der Waals surface area contributed by atoms with Crippen LogP contribution in [0.1, 0.15) is 5.56 Å². The van der Waals surface area contributed by atoms with Crippen molar-refractivity contribution >= 4 is 27.7 Å². The van der Waals surface area contributed by atoms with E-state index in [0.29, 0.717) is 6.54 Å². The Hall–Kier alpha value is -0.840. The molecular formula is C14H13BrFNS. The summed E-state index contributed by atoms with van der Waals surface area (Å²) in [6.07, 6.45) is 0. The first kappa shape index (κ1) is 13.6. The molecule has 0 aliphatic rings. The Kier molecular flexibility index (Phi) is 4.80. The fraction of sp³-hybridized carbons (Fsp3) is 0.143. The van der Waals surface area contributed by atoms with Crippen LogP contribution >= 0.6 is 27.7 Å².